The molecule has 11 heteroatoms. The second-order valence-corrected chi connectivity index (χ2v) is 13.8. The molecule has 2 saturated carbocycles. The molecule has 48 heavy (non-hydrogen) atoms. The molecule has 2 aliphatic carbocycles. The molecular formula is C37H53N7O2S2. The Labute approximate surface area is 295 Å². The van der Waals surface area contributed by atoms with Crippen LogP contribution in [0, 0.1) is 5.92 Å². The number of thioether (sulfide) groups is 1. The fraction of sp³-hybridized carbons (Fsp3) is 0.486. The molecule has 2 fully saturated rings. The summed E-state index contributed by atoms with van der Waals surface area (Å²) in [6, 6.07) is 16.7. The molecule has 1 unspecified atom stereocenters. The fourth-order valence-electron chi connectivity index (χ4n) is 5.30. The molecule has 1 amide bonds. The SMILES string of the molecule is C=C(SC(=NC)NC(=O)Cc1cccc(NC2CC2)c1)[C@H]1CCCC(c2nnc(NC)s2)C1.CC.CCCNc1cccc(CC=O)c1. The number of aromatic nitrogens is 2. The number of amidine groups is 1. The molecule has 0 spiro atoms. The molecule has 1 aromatic heterocycles. The Kier molecular flexibility index (Phi) is 17.2. The van der Waals surface area contributed by atoms with Crippen molar-refractivity contribution in [1.82, 2.24) is 15.5 Å². The van der Waals surface area contributed by atoms with Crippen LogP contribution in [0.25, 0.3) is 0 Å². The van der Waals surface area contributed by atoms with Gasteiger partial charge in [0.2, 0.25) is 11.0 Å². The van der Waals surface area contributed by atoms with Crippen LogP contribution in [0.15, 0.2) is 65.0 Å². The summed E-state index contributed by atoms with van der Waals surface area (Å²) in [6.45, 7) is 11.4. The van der Waals surface area contributed by atoms with Crippen molar-refractivity contribution < 1.29 is 9.59 Å². The maximum Gasteiger partial charge on any atom is 0.230 e. The number of allylic oxidation sites excluding steroid dienone is 1. The van der Waals surface area contributed by atoms with E-state index in [1.54, 1.807) is 18.4 Å². The van der Waals surface area contributed by atoms with E-state index in [9.17, 15) is 9.59 Å². The summed E-state index contributed by atoms with van der Waals surface area (Å²) in [4.78, 5) is 28.3. The van der Waals surface area contributed by atoms with E-state index >= 15 is 0 Å². The summed E-state index contributed by atoms with van der Waals surface area (Å²) >= 11 is 3.12. The number of carbonyl (C=O) groups excluding carboxylic acids is 2. The first-order valence-corrected chi connectivity index (χ1v) is 18.8. The van der Waals surface area contributed by atoms with E-state index < -0.39 is 0 Å². The number of nitrogens with one attached hydrogen (secondary N) is 4. The molecule has 1 heterocycles. The van der Waals surface area contributed by atoms with Gasteiger partial charge >= 0.3 is 0 Å². The number of hydrogen-bond donors (Lipinski definition) is 4. The number of anilines is 3. The van der Waals surface area contributed by atoms with E-state index in [1.165, 1.54) is 24.6 Å². The highest BCUT2D eigenvalue weighted by Crippen LogP contribution is 2.43. The summed E-state index contributed by atoms with van der Waals surface area (Å²) < 4.78 is 0. The molecule has 260 valence electrons. The third kappa shape index (κ3) is 13.4. The average molecular weight is 692 g/mol. The summed E-state index contributed by atoms with van der Waals surface area (Å²) in [5, 5.41) is 23.9. The Hall–Kier alpha value is -3.70. The van der Waals surface area contributed by atoms with Gasteiger partial charge in [-0.2, -0.15) is 0 Å². The predicted molar refractivity (Wildman–Crippen MR) is 206 cm³/mol. The smallest absolute Gasteiger partial charge is 0.230 e. The molecule has 5 rings (SSSR count). The highest BCUT2D eigenvalue weighted by Gasteiger charge is 2.28. The minimum Gasteiger partial charge on any atom is -0.385 e. The molecule has 3 aromatic rings. The molecule has 0 saturated heterocycles. The fourth-order valence-corrected chi connectivity index (χ4v) is 7.03. The van der Waals surface area contributed by atoms with Gasteiger partial charge in [0.1, 0.15) is 11.3 Å². The van der Waals surface area contributed by atoms with Gasteiger partial charge in [0.05, 0.1) is 6.42 Å². The highest BCUT2D eigenvalue weighted by atomic mass is 32.2. The highest BCUT2D eigenvalue weighted by molar-refractivity contribution is 8.17. The van der Waals surface area contributed by atoms with Gasteiger partial charge in [-0.25, -0.2) is 0 Å². The topological polar surface area (TPSA) is 120 Å². The van der Waals surface area contributed by atoms with E-state index in [-0.39, 0.29) is 5.91 Å². The van der Waals surface area contributed by atoms with E-state index in [0.29, 0.717) is 35.9 Å². The van der Waals surface area contributed by atoms with Crippen LogP contribution in [0.3, 0.4) is 0 Å². The Morgan fingerprint density at radius 3 is 2.46 bits per heavy atom. The van der Waals surface area contributed by atoms with E-state index in [2.05, 4.69) is 62.1 Å². The van der Waals surface area contributed by atoms with Gasteiger partial charge < -0.3 is 26.1 Å². The molecule has 9 nitrogen and oxygen atoms in total. The van der Waals surface area contributed by atoms with Gasteiger partial charge in [0, 0.05) is 50.4 Å². The zero-order valence-electron chi connectivity index (χ0n) is 29.2. The first kappa shape index (κ1) is 38.7. The molecule has 4 N–H and O–H groups in total. The van der Waals surface area contributed by atoms with Crippen molar-refractivity contribution >= 4 is 57.0 Å². The van der Waals surface area contributed by atoms with E-state index in [0.717, 1.165) is 82.5 Å². The minimum atomic E-state index is -0.0607. The Balaban J connectivity index is 0.000000349. The summed E-state index contributed by atoms with van der Waals surface area (Å²) in [6.07, 6.45) is 9.69. The summed E-state index contributed by atoms with van der Waals surface area (Å²) in [5.74, 6) is 0.720. The standard InChI is InChI=1S/C24H32N6OS2.C11H15NO.C2H6/c1-15(17-7-5-8-18(14-17)22-29-30-24(26-3)33-22)32-23(25-2)28-21(31)13-16-6-4-9-20(12-16)27-19-10-11-19;1-2-7-12-11-5-3-4-10(9-11)6-8-13;1-2/h4,6,9,12,17-19,27H,1,5,7-8,10-11,13-14H2,2-3H3,(H,26,30)(H,25,28,31);3-5,8-9,12H,2,6-7H2,1H3;1-2H3/t17-,18?;;/m0../s1. The lowest BCUT2D eigenvalue weighted by molar-refractivity contribution is -0.119. The second-order valence-electron chi connectivity index (χ2n) is 11.7. The van der Waals surface area contributed by atoms with Gasteiger partial charge in [0.25, 0.3) is 0 Å². The maximum atomic E-state index is 12.7. The van der Waals surface area contributed by atoms with Crippen molar-refractivity contribution in [2.24, 2.45) is 10.9 Å². The van der Waals surface area contributed by atoms with Gasteiger partial charge in [-0.3, -0.25) is 9.79 Å². The molecule has 0 radical (unpaired) electrons. The lowest BCUT2D eigenvalue weighted by Gasteiger charge is -2.28. The predicted octanol–water partition coefficient (Wildman–Crippen LogP) is 8.30. The van der Waals surface area contributed by atoms with Crippen LogP contribution >= 0.6 is 23.1 Å². The van der Waals surface area contributed by atoms with Crippen molar-refractivity contribution in [3.05, 3.63) is 76.1 Å². The molecule has 2 atom stereocenters. The van der Waals surface area contributed by atoms with Gasteiger partial charge in [0.15, 0.2) is 5.17 Å². The third-order valence-electron chi connectivity index (χ3n) is 7.88. The Morgan fingerprint density at radius 1 is 1.06 bits per heavy atom. The van der Waals surface area contributed by atoms with Crippen molar-refractivity contribution in [1.29, 1.82) is 0 Å². The number of hydrogen-bond acceptors (Lipinski definition) is 10. The largest absolute Gasteiger partial charge is 0.385 e. The average Bonchev–Trinajstić information content (AvgIpc) is 3.79. The first-order valence-electron chi connectivity index (χ1n) is 17.2. The molecule has 2 aromatic carbocycles. The summed E-state index contributed by atoms with van der Waals surface area (Å²) in [7, 11) is 3.58. The van der Waals surface area contributed by atoms with E-state index in [1.807, 2.05) is 57.3 Å². The van der Waals surface area contributed by atoms with Crippen LogP contribution in [-0.4, -0.2) is 54.2 Å². The van der Waals surface area contributed by atoms with Crippen LogP contribution < -0.4 is 21.3 Å². The zero-order valence-corrected chi connectivity index (χ0v) is 30.8. The van der Waals surface area contributed by atoms with Crippen LogP contribution in [0.5, 0.6) is 0 Å². The molecule has 2 aliphatic rings. The third-order valence-corrected chi connectivity index (χ3v) is 10.1. The van der Waals surface area contributed by atoms with Crippen molar-refractivity contribution in [3.8, 4) is 0 Å². The van der Waals surface area contributed by atoms with E-state index in [4.69, 9.17) is 0 Å². The van der Waals surface area contributed by atoms with Crippen molar-refractivity contribution in [2.45, 2.75) is 90.5 Å². The van der Waals surface area contributed by atoms with Gasteiger partial charge in [-0.05, 0) is 84.7 Å². The number of amides is 1. The second kappa shape index (κ2) is 21.3. The number of nitrogens with zero attached hydrogens (tertiary/aromatic N) is 3. The van der Waals surface area contributed by atoms with Crippen molar-refractivity contribution in [3.63, 3.8) is 0 Å². The number of aldehydes is 1. The molecule has 0 bridgehead atoms. The lowest BCUT2D eigenvalue weighted by atomic mass is 9.82. The monoisotopic (exact) mass is 691 g/mol. The number of rotatable bonds is 13. The van der Waals surface area contributed by atoms with Crippen LogP contribution in [0.1, 0.15) is 87.8 Å². The normalized spacial score (nSPS) is 17.1. The Morgan fingerprint density at radius 2 is 1.79 bits per heavy atom. The van der Waals surface area contributed by atoms with Crippen LogP contribution in [0.2, 0.25) is 0 Å². The van der Waals surface area contributed by atoms with Crippen LogP contribution in [0.4, 0.5) is 16.5 Å². The quantitative estimate of drug-likeness (QED) is 0.0803. The number of aliphatic imine (C=N–C) groups is 1. The number of benzene rings is 2. The molecule has 0 aliphatic heterocycles. The van der Waals surface area contributed by atoms with Crippen LogP contribution in [-0.2, 0) is 22.4 Å². The molecular weight excluding hydrogens is 639 g/mol. The summed E-state index contributed by atoms with van der Waals surface area (Å²) in [5.41, 5.74) is 4.24. The zero-order chi connectivity index (χ0) is 34.7. The first-order chi connectivity index (χ1) is 23.4. The minimum absolute atomic E-state index is 0.0607. The number of carbonyl (C=O) groups is 2. The maximum absolute atomic E-state index is 12.7. The van der Waals surface area contributed by atoms with Gasteiger partial charge in [-0.1, -0.05) is 81.1 Å². The Bertz CT molecular complexity index is 1470. The van der Waals surface area contributed by atoms with Gasteiger partial charge in [-0.15, -0.1) is 10.2 Å². The lowest BCUT2D eigenvalue weighted by Crippen LogP contribution is -2.30. The van der Waals surface area contributed by atoms with Crippen molar-refractivity contribution in [2.75, 3.05) is 36.6 Å².